The number of piperidine rings is 1. The summed E-state index contributed by atoms with van der Waals surface area (Å²) in [4.78, 5) is 32.2. The zero-order valence-electron chi connectivity index (χ0n) is 21.7. The molecule has 38 heavy (non-hydrogen) atoms. The first-order valence-electron chi connectivity index (χ1n) is 13.4. The summed E-state index contributed by atoms with van der Waals surface area (Å²) in [6.07, 6.45) is 1.10. The fraction of sp³-hybridized carbons (Fsp3) is 0.448. The fourth-order valence-electron chi connectivity index (χ4n) is 6.53. The second-order valence-corrected chi connectivity index (χ2v) is 11.4. The number of likely N-dealkylation sites (tertiary alicyclic amines) is 1. The number of halogens is 1. The lowest BCUT2D eigenvalue weighted by molar-refractivity contribution is 0.112. The first kappa shape index (κ1) is 25.2. The number of benzene rings is 1. The van der Waals surface area contributed by atoms with E-state index in [0.717, 1.165) is 74.3 Å². The largest absolute Gasteiger partial charge is 0.503 e. The lowest BCUT2D eigenvalue weighted by Gasteiger charge is -2.43. The van der Waals surface area contributed by atoms with Crippen LogP contribution in [0.15, 0.2) is 58.1 Å². The average molecular weight is 536 g/mol. The van der Waals surface area contributed by atoms with Crippen molar-refractivity contribution < 1.29 is 5.11 Å². The summed E-state index contributed by atoms with van der Waals surface area (Å²) in [5, 5.41) is 11.5. The number of hydrogen-bond donors (Lipinski definition) is 1. The van der Waals surface area contributed by atoms with Gasteiger partial charge in [-0.2, -0.15) is 0 Å². The van der Waals surface area contributed by atoms with Crippen LogP contribution in [0.25, 0.3) is 0 Å². The van der Waals surface area contributed by atoms with E-state index in [9.17, 15) is 14.7 Å². The number of aromatic nitrogens is 2. The van der Waals surface area contributed by atoms with Gasteiger partial charge in [-0.25, -0.2) is 0 Å². The van der Waals surface area contributed by atoms with Crippen molar-refractivity contribution in [3.05, 3.63) is 91.2 Å². The van der Waals surface area contributed by atoms with Gasteiger partial charge in [0.15, 0.2) is 5.75 Å². The maximum Gasteiger partial charge on any atom is 0.250 e. The van der Waals surface area contributed by atoms with Gasteiger partial charge in [-0.05, 0) is 36.6 Å². The molecule has 3 aromatic rings. The highest BCUT2D eigenvalue weighted by Gasteiger charge is 2.34. The predicted octanol–water partition coefficient (Wildman–Crippen LogP) is 2.85. The summed E-state index contributed by atoms with van der Waals surface area (Å²) in [5.74, 6) is 0.587. The monoisotopic (exact) mass is 535 g/mol. The van der Waals surface area contributed by atoms with Crippen molar-refractivity contribution in [2.45, 2.75) is 32.0 Å². The minimum absolute atomic E-state index is 0.0876. The summed E-state index contributed by atoms with van der Waals surface area (Å²) >= 11 is 6.18. The predicted molar refractivity (Wildman–Crippen MR) is 149 cm³/mol. The molecule has 2 aromatic heterocycles. The van der Waals surface area contributed by atoms with Gasteiger partial charge in [0, 0.05) is 106 Å². The summed E-state index contributed by atoms with van der Waals surface area (Å²) < 4.78 is 3.94. The Kier molecular flexibility index (Phi) is 6.80. The zero-order chi connectivity index (χ0) is 26.4. The van der Waals surface area contributed by atoms with E-state index in [4.69, 9.17) is 11.6 Å². The molecule has 3 aliphatic rings. The molecule has 9 heteroatoms. The van der Waals surface area contributed by atoms with Crippen LogP contribution in [0.5, 0.6) is 5.75 Å². The molecule has 2 bridgehead atoms. The summed E-state index contributed by atoms with van der Waals surface area (Å²) in [7, 11) is 1.95. The van der Waals surface area contributed by atoms with Gasteiger partial charge < -0.3 is 19.1 Å². The Hall–Kier alpha value is -3.07. The second kappa shape index (κ2) is 10.2. The molecule has 0 unspecified atom stereocenters. The van der Waals surface area contributed by atoms with Crippen LogP contribution in [0.4, 0.5) is 5.69 Å². The van der Waals surface area contributed by atoms with Gasteiger partial charge in [-0.3, -0.25) is 19.4 Å². The van der Waals surface area contributed by atoms with Crippen molar-refractivity contribution in [3.63, 3.8) is 0 Å². The third-order valence-electron chi connectivity index (χ3n) is 8.50. The first-order chi connectivity index (χ1) is 18.4. The Labute approximate surface area is 227 Å². The highest BCUT2D eigenvalue weighted by Crippen LogP contribution is 2.35. The molecule has 1 N–H and O–H groups in total. The lowest BCUT2D eigenvalue weighted by atomic mass is 9.83. The highest BCUT2D eigenvalue weighted by molar-refractivity contribution is 6.30. The molecule has 0 spiro atoms. The van der Waals surface area contributed by atoms with Crippen LogP contribution in [-0.4, -0.2) is 63.3 Å². The minimum Gasteiger partial charge on any atom is -0.503 e. The van der Waals surface area contributed by atoms with Gasteiger partial charge >= 0.3 is 0 Å². The molecule has 0 amide bonds. The van der Waals surface area contributed by atoms with Crippen molar-refractivity contribution >= 4 is 17.3 Å². The molecule has 3 aliphatic heterocycles. The second-order valence-electron chi connectivity index (χ2n) is 11.0. The van der Waals surface area contributed by atoms with E-state index in [0.29, 0.717) is 30.6 Å². The van der Waals surface area contributed by atoms with Crippen LogP contribution in [0.2, 0.25) is 5.02 Å². The fourth-order valence-corrected chi connectivity index (χ4v) is 6.71. The van der Waals surface area contributed by atoms with Crippen LogP contribution in [0.3, 0.4) is 0 Å². The van der Waals surface area contributed by atoms with Gasteiger partial charge in [0.1, 0.15) is 0 Å². The molecule has 2 fully saturated rings. The Morgan fingerprint density at radius 2 is 1.71 bits per heavy atom. The molecule has 2 saturated heterocycles. The smallest absolute Gasteiger partial charge is 0.250 e. The van der Waals surface area contributed by atoms with Crippen molar-refractivity contribution in [2.24, 2.45) is 13.0 Å². The minimum atomic E-state index is -0.320. The lowest BCUT2D eigenvalue weighted by Crippen LogP contribution is -2.47. The number of pyridine rings is 2. The van der Waals surface area contributed by atoms with E-state index in [2.05, 4.69) is 26.8 Å². The SMILES string of the molecule is Cn1c(CN2C[C@H]3C[C@@H](C2)c2cccc(=O)n2C3)cc(=O)c(O)c1CN1CCN(c2cccc(Cl)c2)CC1. The molecule has 6 rings (SSSR count). The van der Waals surface area contributed by atoms with Crippen LogP contribution < -0.4 is 15.9 Å². The van der Waals surface area contributed by atoms with Crippen LogP contribution in [0, 0.1) is 5.92 Å². The number of aromatic hydroxyl groups is 1. The normalized spacial score (nSPS) is 21.9. The molecule has 2 atom stereocenters. The number of anilines is 1. The Morgan fingerprint density at radius 3 is 2.50 bits per heavy atom. The van der Waals surface area contributed by atoms with E-state index < -0.39 is 0 Å². The van der Waals surface area contributed by atoms with Crippen molar-refractivity contribution in [1.82, 2.24) is 18.9 Å². The molecule has 0 saturated carbocycles. The third kappa shape index (κ3) is 4.88. The molecule has 0 radical (unpaired) electrons. The standard InChI is InChI=1S/C29H34ClN5O3/c1-31-24(18-33-15-20-12-21(17-33)25-6-3-7-28(37)35(25)16-20)14-27(36)29(38)26(31)19-32-8-10-34(11-9-32)23-5-2-4-22(30)13-23/h2-7,13-14,20-21,38H,8-12,15-19H2,1H3/t20-,21+/m1/s1. The molecule has 1 aromatic carbocycles. The van der Waals surface area contributed by atoms with Gasteiger partial charge in [0.05, 0.1) is 5.69 Å². The summed E-state index contributed by atoms with van der Waals surface area (Å²) in [6, 6.07) is 15.1. The average Bonchev–Trinajstić information content (AvgIpc) is 2.91. The Morgan fingerprint density at radius 1 is 0.921 bits per heavy atom. The third-order valence-corrected chi connectivity index (χ3v) is 8.74. The molecular formula is C29H34ClN5O3. The van der Waals surface area contributed by atoms with Gasteiger partial charge in [-0.1, -0.05) is 23.7 Å². The van der Waals surface area contributed by atoms with Crippen molar-refractivity contribution in [3.8, 4) is 5.75 Å². The first-order valence-corrected chi connectivity index (χ1v) is 13.8. The van der Waals surface area contributed by atoms with E-state index >= 15 is 0 Å². The quantitative estimate of drug-likeness (QED) is 0.541. The van der Waals surface area contributed by atoms with Crippen molar-refractivity contribution in [1.29, 1.82) is 0 Å². The maximum absolute atomic E-state index is 12.8. The van der Waals surface area contributed by atoms with E-state index in [1.54, 1.807) is 12.1 Å². The summed E-state index contributed by atoms with van der Waals surface area (Å²) in [5.41, 5.74) is 3.58. The van der Waals surface area contributed by atoms with Gasteiger partial charge in [-0.15, -0.1) is 0 Å². The number of rotatable bonds is 5. The molecule has 8 nitrogen and oxygen atoms in total. The van der Waals surface area contributed by atoms with Crippen LogP contribution in [-0.2, 0) is 26.7 Å². The van der Waals surface area contributed by atoms with Crippen LogP contribution >= 0.6 is 11.6 Å². The molecule has 200 valence electrons. The van der Waals surface area contributed by atoms with Crippen molar-refractivity contribution in [2.75, 3.05) is 44.2 Å². The van der Waals surface area contributed by atoms with Gasteiger partial charge in [0.2, 0.25) is 5.43 Å². The molecule has 5 heterocycles. The number of hydrogen-bond acceptors (Lipinski definition) is 6. The number of fused-ring (bicyclic) bond motifs is 4. The number of nitrogens with zero attached hydrogens (tertiary/aromatic N) is 5. The van der Waals surface area contributed by atoms with E-state index in [1.807, 2.05) is 40.4 Å². The van der Waals surface area contributed by atoms with E-state index in [1.165, 1.54) is 0 Å². The highest BCUT2D eigenvalue weighted by atomic mass is 35.5. The van der Waals surface area contributed by atoms with Crippen LogP contribution in [0.1, 0.15) is 29.4 Å². The maximum atomic E-state index is 12.8. The van der Waals surface area contributed by atoms with Gasteiger partial charge in [0.25, 0.3) is 5.56 Å². The zero-order valence-corrected chi connectivity index (χ0v) is 22.5. The molecule has 0 aliphatic carbocycles. The Bertz CT molecular complexity index is 1460. The summed E-state index contributed by atoms with van der Waals surface area (Å²) in [6.45, 7) is 7.05. The molecular weight excluding hydrogens is 502 g/mol. The topological polar surface area (TPSA) is 73.9 Å². The van der Waals surface area contributed by atoms with E-state index in [-0.39, 0.29) is 16.7 Å². The Balaban J connectivity index is 1.16. The number of piperazine rings is 1.